The van der Waals surface area contributed by atoms with Gasteiger partial charge in [-0.1, -0.05) is 29.8 Å². The number of allylic oxidation sites excluding steroid dienone is 1. The van der Waals surface area contributed by atoms with Crippen LogP contribution in [0.3, 0.4) is 0 Å². The minimum atomic E-state index is -0.591. The van der Waals surface area contributed by atoms with Gasteiger partial charge in [-0.05, 0) is 56.4 Å². The fraction of sp³-hybridized carbons (Fsp3) is 0.462. The lowest BCUT2D eigenvalue weighted by molar-refractivity contribution is -0.139. The zero-order chi connectivity index (χ0) is 22.9. The third kappa shape index (κ3) is 6.48. The van der Waals surface area contributed by atoms with E-state index in [0.29, 0.717) is 13.1 Å². The van der Waals surface area contributed by atoms with Crippen LogP contribution in [0.1, 0.15) is 43.9 Å². The molecule has 7 nitrogen and oxygen atoms in total. The summed E-state index contributed by atoms with van der Waals surface area (Å²) >= 11 is 0. The minimum Gasteiger partial charge on any atom is -0.468 e. The lowest BCUT2D eigenvalue weighted by Gasteiger charge is -2.39. The molecular formula is C26H34N4O3. The van der Waals surface area contributed by atoms with E-state index >= 15 is 0 Å². The molecule has 0 spiro atoms. The number of amides is 2. The van der Waals surface area contributed by atoms with E-state index in [-0.39, 0.29) is 6.04 Å². The Morgan fingerprint density at radius 1 is 0.939 bits per heavy atom. The Bertz CT molecular complexity index is 918. The SMILES string of the molecule is O=C(NCCC1=CCCCC1)C(=O)NC[C@@H](c1ccco1)N1CCN(c2ccccc2)CC1. The zero-order valence-corrected chi connectivity index (χ0v) is 19.2. The summed E-state index contributed by atoms with van der Waals surface area (Å²) in [5, 5.41) is 5.57. The number of hydrogen-bond donors (Lipinski definition) is 2. The predicted molar refractivity (Wildman–Crippen MR) is 129 cm³/mol. The van der Waals surface area contributed by atoms with Gasteiger partial charge in [0.15, 0.2) is 0 Å². The van der Waals surface area contributed by atoms with Crippen molar-refractivity contribution in [1.29, 1.82) is 0 Å². The molecule has 0 saturated carbocycles. The Balaban J connectivity index is 1.27. The maximum absolute atomic E-state index is 12.4. The first-order valence-corrected chi connectivity index (χ1v) is 12.0. The van der Waals surface area contributed by atoms with Gasteiger partial charge in [-0.15, -0.1) is 0 Å². The molecule has 1 aromatic heterocycles. The van der Waals surface area contributed by atoms with E-state index in [0.717, 1.165) is 51.2 Å². The van der Waals surface area contributed by atoms with Gasteiger partial charge in [0, 0.05) is 45.0 Å². The van der Waals surface area contributed by atoms with E-state index in [4.69, 9.17) is 4.42 Å². The molecule has 1 saturated heterocycles. The van der Waals surface area contributed by atoms with Crippen LogP contribution in [-0.2, 0) is 9.59 Å². The molecule has 1 fully saturated rings. The molecule has 0 bridgehead atoms. The van der Waals surface area contributed by atoms with E-state index in [1.54, 1.807) is 6.26 Å². The van der Waals surface area contributed by atoms with Crippen molar-refractivity contribution >= 4 is 17.5 Å². The van der Waals surface area contributed by atoms with Gasteiger partial charge in [-0.2, -0.15) is 0 Å². The molecule has 1 aliphatic heterocycles. The number of carbonyl (C=O) groups excluding carboxylic acids is 2. The summed E-state index contributed by atoms with van der Waals surface area (Å²) in [6.45, 7) is 4.31. The van der Waals surface area contributed by atoms with Gasteiger partial charge in [0.25, 0.3) is 0 Å². The summed E-state index contributed by atoms with van der Waals surface area (Å²) in [4.78, 5) is 29.4. The van der Waals surface area contributed by atoms with Crippen LogP contribution in [0.25, 0.3) is 0 Å². The highest BCUT2D eigenvalue weighted by atomic mass is 16.3. The van der Waals surface area contributed by atoms with Gasteiger partial charge >= 0.3 is 11.8 Å². The number of carbonyl (C=O) groups is 2. The van der Waals surface area contributed by atoms with Gasteiger partial charge in [0.2, 0.25) is 0 Å². The van der Waals surface area contributed by atoms with Crippen LogP contribution >= 0.6 is 0 Å². The Hall–Kier alpha value is -3.06. The van der Waals surface area contributed by atoms with E-state index in [9.17, 15) is 9.59 Å². The summed E-state index contributed by atoms with van der Waals surface area (Å²) in [5.41, 5.74) is 2.61. The maximum Gasteiger partial charge on any atom is 0.309 e. The number of hydrogen-bond acceptors (Lipinski definition) is 5. The quantitative estimate of drug-likeness (QED) is 0.477. The van der Waals surface area contributed by atoms with Crippen molar-refractivity contribution in [1.82, 2.24) is 15.5 Å². The lowest BCUT2D eigenvalue weighted by Crippen LogP contribution is -2.50. The van der Waals surface area contributed by atoms with E-state index in [1.807, 2.05) is 18.2 Å². The summed E-state index contributed by atoms with van der Waals surface area (Å²) in [7, 11) is 0. The fourth-order valence-electron chi connectivity index (χ4n) is 4.64. The summed E-state index contributed by atoms with van der Waals surface area (Å²) in [6.07, 6.45) is 9.42. The Morgan fingerprint density at radius 3 is 2.42 bits per heavy atom. The molecule has 0 unspecified atom stereocenters. The fourth-order valence-corrected chi connectivity index (χ4v) is 4.64. The van der Waals surface area contributed by atoms with E-state index in [1.165, 1.54) is 24.1 Å². The highest BCUT2D eigenvalue weighted by Gasteiger charge is 2.28. The van der Waals surface area contributed by atoms with Crippen molar-refractivity contribution in [3.63, 3.8) is 0 Å². The third-order valence-corrected chi connectivity index (χ3v) is 6.53. The largest absolute Gasteiger partial charge is 0.468 e. The normalized spacial score (nSPS) is 17.8. The van der Waals surface area contributed by atoms with Crippen LogP contribution in [0.4, 0.5) is 5.69 Å². The molecule has 33 heavy (non-hydrogen) atoms. The van der Waals surface area contributed by atoms with Gasteiger partial charge < -0.3 is 20.0 Å². The van der Waals surface area contributed by atoms with Crippen molar-refractivity contribution in [2.75, 3.05) is 44.2 Å². The van der Waals surface area contributed by atoms with Crippen molar-refractivity contribution in [3.8, 4) is 0 Å². The average molecular weight is 451 g/mol. The molecule has 2 aromatic rings. The highest BCUT2D eigenvalue weighted by molar-refractivity contribution is 6.35. The smallest absolute Gasteiger partial charge is 0.309 e. The van der Waals surface area contributed by atoms with Gasteiger partial charge in [-0.3, -0.25) is 14.5 Å². The summed E-state index contributed by atoms with van der Waals surface area (Å²) in [6, 6.07) is 14.1. The second-order valence-corrected chi connectivity index (χ2v) is 8.71. The molecule has 0 radical (unpaired) electrons. The highest BCUT2D eigenvalue weighted by Crippen LogP contribution is 2.24. The molecular weight excluding hydrogens is 416 g/mol. The monoisotopic (exact) mass is 450 g/mol. The number of nitrogens with one attached hydrogen (secondary N) is 2. The first-order valence-electron chi connectivity index (χ1n) is 12.0. The number of para-hydroxylation sites is 1. The zero-order valence-electron chi connectivity index (χ0n) is 19.2. The Morgan fingerprint density at radius 2 is 1.73 bits per heavy atom. The second kappa shape index (κ2) is 11.7. The number of nitrogens with zero attached hydrogens (tertiary/aromatic N) is 2. The summed E-state index contributed by atoms with van der Waals surface area (Å²) in [5.74, 6) is -0.362. The number of rotatable bonds is 8. The topological polar surface area (TPSA) is 77.8 Å². The molecule has 1 aliphatic carbocycles. The Kier molecular flexibility index (Phi) is 8.19. The van der Waals surface area contributed by atoms with E-state index < -0.39 is 11.8 Å². The molecule has 176 valence electrons. The number of anilines is 1. The molecule has 1 atom stereocenters. The van der Waals surface area contributed by atoms with Gasteiger partial charge in [0.05, 0.1) is 12.3 Å². The number of piperazine rings is 1. The standard InChI is InChI=1S/C26H34N4O3/c31-25(27-14-13-21-8-3-1-4-9-21)26(32)28-20-23(24-12-7-19-33-24)30-17-15-29(16-18-30)22-10-5-2-6-11-22/h2,5-8,10-12,19,23H,1,3-4,9,13-18,20H2,(H,27,31)(H,28,32)/t23-/m0/s1. The molecule has 2 heterocycles. The first-order chi connectivity index (χ1) is 16.2. The molecule has 4 rings (SSSR count). The molecule has 2 amide bonds. The average Bonchev–Trinajstić information content (AvgIpc) is 3.40. The molecule has 2 N–H and O–H groups in total. The lowest BCUT2D eigenvalue weighted by atomic mass is 9.97. The van der Waals surface area contributed by atoms with Crippen molar-refractivity contribution < 1.29 is 14.0 Å². The third-order valence-electron chi connectivity index (χ3n) is 6.53. The van der Waals surface area contributed by atoms with Crippen LogP contribution < -0.4 is 15.5 Å². The minimum absolute atomic E-state index is 0.109. The molecule has 7 heteroatoms. The van der Waals surface area contributed by atoms with Gasteiger partial charge in [0.1, 0.15) is 5.76 Å². The number of benzene rings is 1. The molecule has 2 aliphatic rings. The first kappa shape index (κ1) is 23.1. The number of furan rings is 1. The van der Waals surface area contributed by atoms with Crippen molar-refractivity contribution in [2.45, 2.75) is 38.1 Å². The molecule has 1 aromatic carbocycles. The predicted octanol–water partition coefficient (Wildman–Crippen LogP) is 3.27. The van der Waals surface area contributed by atoms with Crippen molar-refractivity contribution in [2.24, 2.45) is 0 Å². The van der Waals surface area contributed by atoms with Gasteiger partial charge in [-0.25, -0.2) is 0 Å². The van der Waals surface area contributed by atoms with Crippen LogP contribution in [0, 0.1) is 0 Å². The van der Waals surface area contributed by atoms with Crippen LogP contribution in [-0.4, -0.2) is 56.0 Å². The second-order valence-electron chi connectivity index (χ2n) is 8.71. The van der Waals surface area contributed by atoms with Crippen LogP contribution in [0.15, 0.2) is 64.8 Å². The van der Waals surface area contributed by atoms with E-state index in [2.05, 4.69) is 50.8 Å². The van der Waals surface area contributed by atoms with Crippen LogP contribution in [0.5, 0.6) is 0 Å². The van der Waals surface area contributed by atoms with Crippen molar-refractivity contribution in [3.05, 3.63) is 66.1 Å². The Labute approximate surface area is 195 Å². The maximum atomic E-state index is 12.4. The summed E-state index contributed by atoms with van der Waals surface area (Å²) < 4.78 is 5.67. The van der Waals surface area contributed by atoms with Crippen LogP contribution in [0.2, 0.25) is 0 Å².